The normalized spacial score (nSPS) is 25.3. The lowest BCUT2D eigenvalue weighted by molar-refractivity contribution is 0.181. The molecule has 0 bridgehead atoms. The van der Waals surface area contributed by atoms with E-state index in [2.05, 4.69) is 20.8 Å². The van der Waals surface area contributed by atoms with Crippen LogP contribution in [0.3, 0.4) is 0 Å². The van der Waals surface area contributed by atoms with Crippen LogP contribution in [0.2, 0.25) is 0 Å². The Morgan fingerprint density at radius 1 is 1.16 bits per heavy atom. The molecule has 1 heterocycles. The molecule has 2 aliphatic rings. The molecule has 19 heavy (non-hydrogen) atoms. The molecule has 1 saturated carbocycles. The van der Waals surface area contributed by atoms with Crippen LogP contribution in [-0.2, 0) is 6.54 Å². The maximum absolute atomic E-state index is 14.0. The zero-order valence-corrected chi connectivity index (χ0v) is 12.8. The van der Waals surface area contributed by atoms with Gasteiger partial charge in [0.2, 0.25) is 0 Å². The summed E-state index contributed by atoms with van der Waals surface area (Å²) in [6.07, 6.45) is 8.12. The van der Waals surface area contributed by atoms with E-state index in [1.165, 1.54) is 38.5 Å². The molecular weight excluding hydrogens is 305 g/mol. The summed E-state index contributed by atoms with van der Waals surface area (Å²) in [6, 6.07) is 6.14. The Bertz CT molecular complexity index is 442. The molecular formula is C16H21BrFN. The van der Waals surface area contributed by atoms with Crippen LogP contribution in [0.25, 0.3) is 0 Å². The highest BCUT2D eigenvalue weighted by Gasteiger charge is 2.33. The zero-order valence-electron chi connectivity index (χ0n) is 11.2. The fourth-order valence-corrected chi connectivity index (χ4v) is 4.13. The van der Waals surface area contributed by atoms with Crippen molar-refractivity contribution in [2.45, 2.75) is 51.1 Å². The molecule has 0 amide bonds. The highest BCUT2D eigenvalue weighted by molar-refractivity contribution is 9.10. The van der Waals surface area contributed by atoms with E-state index in [9.17, 15) is 4.39 Å². The van der Waals surface area contributed by atoms with Crippen LogP contribution < -0.4 is 0 Å². The van der Waals surface area contributed by atoms with Gasteiger partial charge in [0.15, 0.2) is 0 Å². The fourth-order valence-electron chi connectivity index (χ4n) is 3.79. The summed E-state index contributed by atoms with van der Waals surface area (Å²) in [5, 5.41) is 0. The van der Waals surface area contributed by atoms with Gasteiger partial charge in [-0.2, -0.15) is 0 Å². The molecule has 0 spiro atoms. The van der Waals surface area contributed by atoms with Crippen molar-refractivity contribution < 1.29 is 4.39 Å². The van der Waals surface area contributed by atoms with Crippen molar-refractivity contribution in [1.29, 1.82) is 0 Å². The molecule has 1 aromatic carbocycles. The number of rotatable bonds is 3. The van der Waals surface area contributed by atoms with Gasteiger partial charge in [0.05, 0.1) is 0 Å². The highest BCUT2D eigenvalue weighted by atomic mass is 79.9. The number of halogens is 2. The molecule has 1 aliphatic heterocycles. The zero-order chi connectivity index (χ0) is 13.2. The maximum atomic E-state index is 14.0. The second kappa shape index (κ2) is 5.92. The van der Waals surface area contributed by atoms with E-state index in [1.54, 1.807) is 6.07 Å². The first-order chi connectivity index (χ1) is 9.24. The molecule has 3 heteroatoms. The Morgan fingerprint density at radius 2 is 1.95 bits per heavy atom. The fraction of sp³-hybridized carbons (Fsp3) is 0.625. The number of hydrogen-bond acceptors (Lipinski definition) is 1. The summed E-state index contributed by atoms with van der Waals surface area (Å²) in [7, 11) is 0. The van der Waals surface area contributed by atoms with E-state index in [1.807, 2.05) is 12.1 Å². The van der Waals surface area contributed by atoms with E-state index in [0.717, 1.165) is 29.0 Å². The van der Waals surface area contributed by atoms with Gasteiger partial charge in [-0.3, -0.25) is 4.90 Å². The number of benzene rings is 1. The van der Waals surface area contributed by atoms with E-state index in [-0.39, 0.29) is 5.82 Å². The monoisotopic (exact) mass is 325 g/mol. The van der Waals surface area contributed by atoms with Gasteiger partial charge in [-0.05, 0) is 50.3 Å². The van der Waals surface area contributed by atoms with Gasteiger partial charge in [-0.15, -0.1) is 0 Å². The predicted octanol–water partition coefficient (Wildman–Crippen LogP) is 4.74. The van der Waals surface area contributed by atoms with Gasteiger partial charge in [-0.25, -0.2) is 4.39 Å². The van der Waals surface area contributed by atoms with Gasteiger partial charge < -0.3 is 0 Å². The van der Waals surface area contributed by atoms with Crippen LogP contribution in [0, 0.1) is 11.7 Å². The Morgan fingerprint density at radius 3 is 2.68 bits per heavy atom. The molecule has 0 radical (unpaired) electrons. The molecule has 1 nitrogen and oxygen atoms in total. The largest absolute Gasteiger partial charge is 0.296 e. The van der Waals surface area contributed by atoms with Crippen LogP contribution in [0.4, 0.5) is 4.39 Å². The predicted molar refractivity (Wildman–Crippen MR) is 79.5 cm³/mol. The standard InChI is InChI=1S/C16H21BrFN/c17-14-8-7-13(15(18)10-14)11-19-9-3-6-16(19)12-4-1-2-5-12/h7-8,10,12,16H,1-6,9,11H2. The van der Waals surface area contributed by atoms with Crippen LogP contribution in [0.15, 0.2) is 22.7 Å². The average Bonchev–Trinajstić information content (AvgIpc) is 3.03. The first kappa shape index (κ1) is 13.6. The summed E-state index contributed by atoms with van der Waals surface area (Å²) in [6.45, 7) is 1.91. The van der Waals surface area contributed by atoms with Crippen LogP contribution in [-0.4, -0.2) is 17.5 Å². The molecule has 3 rings (SSSR count). The molecule has 0 aromatic heterocycles. The van der Waals surface area contributed by atoms with Gasteiger partial charge in [0.1, 0.15) is 5.82 Å². The summed E-state index contributed by atoms with van der Waals surface area (Å²) < 4.78 is 14.8. The van der Waals surface area contributed by atoms with Gasteiger partial charge in [-0.1, -0.05) is 34.8 Å². The average molecular weight is 326 g/mol. The van der Waals surface area contributed by atoms with Crippen molar-refractivity contribution >= 4 is 15.9 Å². The number of likely N-dealkylation sites (tertiary alicyclic amines) is 1. The Hall–Kier alpha value is -0.410. The first-order valence-electron chi connectivity index (χ1n) is 7.42. The van der Waals surface area contributed by atoms with Gasteiger partial charge in [0.25, 0.3) is 0 Å². The third kappa shape index (κ3) is 3.03. The van der Waals surface area contributed by atoms with Crippen LogP contribution in [0.5, 0.6) is 0 Å². The smallest absolute Gasteiger partial charge is 0.128 e. The van der Waals surface area contributed by atoms with Crippen molar-refractivity contribution in [3.63, 3.8) is 0 Å². The summed E-state index contributed by atoms with van der Waals surface area (Å²) >= 11 is 3.32. The molecule has 1 saturated heterocycles. The van der Waals surface area contributed by atoms with Crippen LogP contribution >= 0.6 is 15.9 Å². The highest BCUT2D eigenvalue weighted by Crippen LogP contribution is 2.36. The third-order valence-electron chi connectivity index (χ3n) is 4.75. The first-order valence-corrected chi connectivity index (χ1v) is 8.21. The lowest BCUT2D eigenvalue weighted by Crippen LogP contribution is -2.34. The molecule has 2 fully saturated rings. The molecule has 1 atom stereocenters. The Balaban J connectivity index is 1.70. The van der Waals surface area contributed by atoms with Crippen LogP contribution in [0.1, 0.15) is 44.1 Å². The Kier molecular flexibility index (Phi) is 4.23. The summed E-state index contributed by atoms with van der Waals surface area (Å²) in [5.74, 6) is 0.785. The van der Waals surface area contributed by atoms with E-state index in [0.29, 0.717) is 6.04 Å². The molecule has 1 unspecified atom stereocenters. The lowest BCUT2D eigenvalue weighted by Gasteiger charge is -2.29. The van der Waals surface area contributed by atoms with Crippen molar-refractivity contribution in [3.05, 3.63) is 34.1 Å². The minimum Gasteiger partial charge on any atom is -0.296 e. The topological polar surface area (TPSA) is 3.24 Å². The van der Waals surface area contributed by atoms with Crippen molar-refractivity contribution in [2.24, 2.45) is 5.92 Å². The second-order valence-corrected chi connectivity index (χ2v) is 6.88. The molecule has 104 valence electrons. The van der Waals surface area contributed by atoms with E-state index < -0.39 is 0 Å². The van der Waals surface area contributed by atoms with Crippen molar-refractivity contribution in [3.8, 4) is 0 Å². The maximum Gasteiger partial charge on any atom is 0.128 e. The minimum atomic E-state index is -0.0774. The molecule has 0 N–H and O–H groups in total. The van der Waals surface area contributed by atoms with Crippen molar-refractivity contribution in [2.75, 3.05) is 6.54 Å². The third-order valence-corrected chi connectivity index (χ3v) is 5.24. The summed E-state index contributed by atoms with van der Waals surface area (Å²) in [4.78, 5) is 2.52. The summed E-state index contributed by atoms with van der Waals surface area (Å²) in [5.41, 5.74) is 0.841. The SMILES string of the molecule is Fc1cc(Br)ccc1CN1CCCC1C1CCCC1. The molecule has 1 aliphatic carbocycles. The second-order valence-electron chi connectivity index (χ2n) is 5.96. The molecule has 1 aromatic rings. The Labute approximate surface area is 123 Å². The number of hydrogen-bond donors (Lipinski definition) is 0. The number of nitrogens with zero attached hydrogens (tertiary/aromatic N) is 1. The van der Waals surface area contributed by atoms with E-state index in [4.69, 9.17) is 0 Å². The minimum absolute atomic E-state index is 0.0774. The quantitative estimate of drug-likeness (QED) is 0.775. The van der Waals surface area contributed by atoms with Gasteiger partial charge >= 0.3 is 0 Å². The van der Waals surface area contributed by atoms with Gasteiger partial charge in [0, 0.05) is 22.6 Å². The van der Waals surface area contributed by atoms with Crippen molar-refractivity contribution in [1.82, 2.24) is 4.90 Å². The lowest BCUT2D eigenvalue weighted by atomic mass is 9.96. The van der Waals surface area contributed by atoms with E-state index >= 15 is 0 Å².